The molecule has 1 amide bonds. The van der Waals surface area contributed by atoms with Gasteiger partial charge in [-0.1, -0.05) is 35.9 Å². The molecule has 0 atom stereocenters. The minimum atomic E-state index is -0.191. The second kappa shape index (κ2) is 7.25. The lowest BCUT2D eigenvalue weighted by Crippen LogP contribution is -2.33. The predicted molar refractivity (Wildman–Crippen MR) is 107 cm³/mol. The van der Waals surface area contributed by atoms with Crippen molar-refractivity contribution in [1.82, 2.24) is 25.1 Å². The third-order valence-corrected chi connectivity index (χ3v) is 5.12. The molecule has 1 aliphatic carbocycles. The molecule has 2 heterocycles. The molecule has 0 saturated heterocycles. The van der Waals surface area contributed by atoms with E-state index in [-0.39, 0.29) is 18.5 Å². The quantitative estimate of drug-likeness (QED) is 0.496. The van der Waals surface area contributed by atoms with E-state index in [1.54, 1.807) is 11.0 Å². The zero-order chi connectivity index (χ0) is 19.8. The molecule has 0 aliphatic heterocycles. The van der Waals surface area contributed by atoms with Crippen LogP contribution in [0.3, 0.4) is 0 Å². The second-order valence-electron chi connectivity index (χ2n) is 6.89. The first kappa shape index (κ1) is 17.8. The predicted octanol–water partition coefficient (Wildman–Crippen LogP) is 4.14. The molecule has 7 nitrogen and oxygen atoms in total. The summed E-state index contributed by atoms with van der Waals surface area (Å²) < 4.78 is 5.78. The van der Waals surface area contributed by atoms with Crippen molar-refractivity contribution in [3.05, 3.63) is 71.3 Å². The minimum Gasteiger partial charge on any atom is -0.419 e. The molecule has 0 bridgehead atoms. The summed E-state index contributed by atoms with van der Waals surface area (Å²) >= 11 is 6.20. The van der Waals surface area contributed by atoms with Crippen molar-refractivity contribution in [2.45, 2.75) is 25.4 Å². The average Bonchev–Trinajstić information content (AvgIpc) is 3.49. The van der Waals surface area contributed by atoms with Crippen molar-refractivity contribution in [2.24, 2.45) is 0 Å². The number of hydrogen-bond acceptors (Lipinski definition) is 6. The SMILES string of the molecule is O=C(c1cnc2ccccc2n1)N(Cc1nnc(-c2ccccc2Cl)o1)C1CC1. The van der Waals surface area contributed by atoms with Crippen LogP contribution in [0.2, 0.25) is 5.02 Å². The van der Waals surface area contributed by atoms with Crippen LogP contribution in [0.15, 0.2) is 59.1 Å². The van der Waals surface area contributed by atoms with Crippen molar-refractivity contribution in [2.75, 3.05) is 0 Å². The van der Waals surface area contributed by atoms with Crippen molar-refractivity contribution in [1.29, 1.82) is 0 Å². The van der Waals surface area contributed by atoms with Crippen LogP contribution in [0.1, 0.15) is 29.2 Å². The molecule has 2 aromatic carbocycles. The standard InChI is InChI=1S/C21H16ClN5O2/c22-15-6-2-1-5-14(15)20-26-25-19(29-20)12-27(13-9-10-13)21(28)18-11-23-16-7-3-4-8-17(16)24-18/h1-8,11,13H,9-10,12H2. The normalized spacial score (nSPS) is 13.6. The van der Waals surface area contributed by atoms with Gasteiger partial charge in [0.05, 0.1) is 34.4 Å². The molecular formula is C21H16ClN5O2. The highest BCUT2D eigenvalue weighted by Crippen LogP contribution is 2.31. The van der Waals surface area contributed by atoms with Crippen LogP contribution in [0, 0.1) is 0 Å². The number of rotatable bonds is 5. The molecule has 0 unspecified atom stereocenters. The molecule has 1 aliphatic rings. The maximum Gasteiger partial charge on any atom is 0.274 e. The van der Waals surface area contributed by atoms with Gasteiger partial charge in [-0.15, -0.1) is 10.2 Å². The number of para-hydroxylation sites is 2. The number of benzene rings is 2. The van der Waals surface area contributed by atoms with Gasteiger partial charge in [0.1, 0.15) is 5.69 Å². The fraction of sp³-hybridized carbons (Fsp3) is 0.190. The Bertz CT molecular complexity index is 1200. The summed E-state index contributed by atoms with van der Waals surface area (Å²) in [5.74, 6) is 0.497. The van der Waals surface area contributed by atoms with E-state index in [4.69, 9.17) is 16.0 Å². The Kier molecular flexibility index (Phi) is 4.44. The Morgan fingerprint density at radius 1 is 1.07 bits per heavy atom. The first-order chi connectivity index (χ1) is 14.2. The van der Waals surface area contributed by atoms with Gasteiger partial charge in [0.15, 0.2) is 0 Å². The van der Waals surface area contributed by atoms with Crippen molar-refractivity contribution < 1.29 is 9.21 Å². The highest BCUT2D eigenvalue weighted by Gasteiger charge is 2.35. The maximum absolute atomic E-state index is 13.1. The van der Waals surface area contributed by atoms with Gasteiger partial charge in [0, 0.05) is 6.04 Å². The molecule has 1 fully saturated rings. The Balaban J connectivity index is 1.41. The summed E-state index contributed by atoms with van der Waals surface area (Å²) in [4.78, 5) is 23.7. The van der Waals surface area contributed by atoms with E-state index in [1.807, 2.05) is 42.5 Å². The molecule has 0 radical (unpaired) electrons. The summed E-state index contributed by atoms with van der Waals surface area (Å²) in [6.45, 7) is 0.218. The Morgan fingerprint density at radius 3 is 2.62 bits per heavy atom. The van der Waals surface area contributed by atoms with Crippen LogP contribution >= 0.6 is 11.6 Å². The van der Waals surface area contributed by atoms with Gasteiger partial charge in [-0.2, -0.15) is 0 Å². The number of fused-ring (bicyclic) bond motifs is 1. The van der Waals surface area contributed by atoms with Crippen LogP contribution in [0.5, 0.6) is 0 Å². The molecule has 4 aromatic rings. The summed E-state index contributed by atoms with van der Waals surface area (Å²) in [6, 6.07) is 14.9. The van der Waals surface area contributed by atoms with Crippen LogP contribution in [0.25, 0.3) is 22.5 Å². The summed E-state index contributed by atoms with van der Waals surface area (Å²) in [5.41, 5.74) is 2.41. The van der Waals surface area contributed by atoms with E-state index >= 15 is 0 Å². The third-order valence-electron chi connectivity index (χ3n) is 4.79. The lowest BCUT2D eigenvalue weighted by Gasteiger charge is -2.20. The van der Waals surface area contributed by atoms with Crippen molar-refractivity contribution in [3.63, 3.8) is 0 Å². The van der Waals surface area contributed by atoms with Gasteiger partial charge in [-0.3, -0.25) is 9.78 Å². The van der Waals surface area contributed by atoms with E-state index < -0.39 is 0 Å². The first-order valence-corrected chi connectivity index (χ1v) is 9.67. The van der Waals surface area contributed by atoms with Gasteiger partial charge in [0.2, 0.25) is 11.8 Å². The van der Waals surface area contributed by atoms with Gasteiger partial charge in [-0.05, 0) is 37.1 Å². The van der Waals surface area contributed by atoms with E-state index in [9.17, 15) is 4.79 Å². The van der Waals surface area contributed by atoms with Crippen LogP contribution in [0.4, 0.5) is 0 Å². The van der Waals surface area contributed by atoms with Crippen LogP contribution in [-0.4, -0.2) is 37.0 Å². The molecule has 2 aromatic heterocycles. The molecule has 0 spiro atoms. The number of halogens is 1. The fourth-order valence-electron chi connectivity index (χ4n) is 3.17. The van der Waals surface area contributed by atoms with Gasteiger partial charge >= 0.3 is 0 Å². The molecule has 0 N–H and O–H groups in total. The second-order valence-corrected chi connectivity index (χ2v) is 7.30. The number of amides is 1. The zero-order valence-corrected chi connectivity index (χ0v) is 16.1. The molecule has 5 rings (SSSR count). The Labute approximate surface area is 171 Å². The average molecular weight is 406 g/mol. The van der Waals surface area contributed by atoms with E-state index in [2.05, 4.69) is 20.2 Å². The number of aromatic nitrogens is 4. The number of carbonyl (C=O) groups excluding carboxylic acids is 1. The first-order valence-electron chi connectivity index (χ1n) is 9.29. The van der Waals surface area contributed by atoms with Crippen molar-refractivity contribution in [3.8, 4) is 11.5 Å². The lowest BCUT2D eigenvalue weighted by molar-refractivity contribution is 0.0708. The highest BCUT2D eigenvalue weighted by atomic mass is 35.5. The van der Waals surface area contributed by atoms with Gasteiger partial charge in [-0.25, -0.2) is 4.98 Å². The lowest BCUT2D eigenvalue weighted by atomic mass is 10.2. The van der Waals surface area contributed by atoms with Gasteiger partial charge < -0.3 is 9.32 Å². The molecule has 8 heteroatoms. The molecule has 1 saturated carbocycles. The van der Waals surface area contributed by atoms with E-state index in [0.717, 1.165) is 18.4 Å². The number of hydrogen-bond donors (Lipinski definition) is 0. The number of carbonyl (C=O) groups is 1. The highest BCUT2D eigenvalue weighted by molar-refractivity contribution is 6.33. The van der Waals surface area contributed by atoms with Crippen molar-refractivity contribution >= 4 is 28.5 Å². The largest absolute Gasteiger partial charge is 0.419 e. The minimum absolute atomic E-state index is 0.145. The number of nitrogens with zero attached hydrogens (tertiary/aromatic N) is 5. The maximum atomic E-state index is 13.1. The monoisotopic (exact) mass is 405 g/mol. The molecule has 29 heavy (non-hydrogen) atoms. The summed E-state index contributed by atoms with van der Waals surface area (Å²) in [6.07, 6.45) is 3.40. The van der Waals surface area contributed by atoms with E-state index in [1.165, 1.54) is 6.20 Å². The van der Waals surface area contributed by atoms with Crippen LogP contribution in [-0.2, 0) is 6.54 Å². The Morgan fingerprint density at radius 2 is 1.83 bits per heavy atom. The summed E-state index contributed by atoms with van der Waals surface area (Å²) in [5, 5.41) is 8.72. The zero-order valence-electron chi connectivity index (χ0n) is 15.3. The topological polar surface area (TPSA) is 85.0 Å². The molecular weight excluding hydrogens is 390 g/mol. The van der Waals surface area contributed by atoms with Gasteiger partial charge in [0.25, 0.3) is 5.91 Å². The third kappa shape index (κ3) is 3.56. The summed E-state index contributed by atoms with van der Waals surface area (Å²) in [7, 11) is 0. The smallest absolute Gasteiger partial charge is 0.274 e. The van der Waals surface area contributed by atoms with Crippen LogP contribution < -0.4 is 0 Å². The van der Waals surface area contributed by atoms with E-state index in [0.29, 0.717) is 33.6 Å². The molecule has 144 valence electrons. The fourth-order valence-corrected chi connectivity index (χ4v) is 3.38. The Hall–Kier alpha value is -3.32.